The number of carbonyl (C=O) groups excluding carboxylic acids is 1. The van der Waals surface area contributed by atoms with Gasteiger partial charge in [0.05, 0.1) is 19.3 Å². The van der Waals surface area contributed by atoms with Gasteiger partial charge in [-0.25, -0.2) is 0 Å². The topological polar surface area (TPSA) is 80.5 Å². The number of aromatic nitrogens is 1. The Kier molecular flexibility index (Phi) is 5.23. The van der Waals surface area contributed by atoms with Crippen LogP contribution in [0.1, 0.15) is 13.3 Å². The molecule has 0 bridgehead atoms. The zero-order chi connectivity index (χ0) is 13.5. The lowest BCUT2D eigenvalue weighted by Crippen LogP contribution is -2.36. The molecule has 6 heteroatoms. The summed E-state index contributed by atoms with van der Waals surface area (Å²) in [6, 6.07) is 3.52. The van der Waals surface area contributed by atoms with E-state index in [0.717, 1.165) is 13.0 Å². The van der Waals surface area contributed by atoms with Crippen molar-refractivity contribution in [2.24, 2.45) is 0 Å². The fraction of sp³-hybridized carbons (Fsp3) is 0.500. The highest BCUT2D eigenvalue weighted by molar-refractivity contribution is 5.80. The molecule has 0 fully saturated rings. The Morgan fingerprint density at radius 1 is 1.56 bits per heavy atom. The molecule has 0 unspecified atom stereocenters. The molecule has 0 atom stereocenters. The minimum atomic E-state index is -0.0546. The summed E-state index contributed by atoms with van der Waals surface area (Å²) >= 11 is 0. The lowest BCUT2D eigenvalue weighted by Gasteiger charge is -2.22. The molecule has 0 radical (unpaired) electrons. The van der Waals surface area contributed by atoms with Gasteiger partial charge in [-0.3, -0.25) is 4.79 Å². The van der Waals surface area contributed by atoms with Gasteiger partial charge in [-0.05, 0) is 18.6 Å². The summed E-state index contributed by atoms with van der Waals surface area (Å²) in [6.07, 6.45) is 0.922. The van der Waals surface area contributed by atoms with Gasteiger partial charge in [0.15, 0.2) is 0 Å². The second-order valence-electron chi connectivity index (χ2n) is 3.86. The zero-order valence-electron chi connectivity index (χ0n) is 11.1. The summed E-state index contributed by atoms with van der Waals surface area (Å²) in [5, 5.41) is 2.60. The third kappa shape index (κ3) is 3.51. The number of hydrogen-bond donors (Lipinski definition) is 2. The smallest absolute Gasteiger partial charge is 0.239 e. The van der Waals surface area contributed by atoms with E-state index in [1.807, 2.05) is 11.8 Å². The molecule has 1 heterocycles. The molecule has 6 nitrogen and oxygen atoms in total. The zero-order valence-corrected chi connectivity index (χ0v) is 11.1. The predicted molar refractivity (Wildman–Crippen MR) is 71.8 cm³/mol. The predicted octanol–water partition coefficient (Wildman–Crippen LogP) is 0.635. The van der Waals surface area contributed by atoms with Gasteiger partial charge in [-0.15, -0.1) is 0 Å². The molecule has 18 heavy (non-hydrogen) atoms. The average Bonchev–Trinajstić information content (AvgIpc) is 2.38. The van der Waals surface area contributed by atoms with Crippen LogP contribution in [0.25, 0.3) is 0 Å². The third-order valence-corrected chi connectivity index (χ3v) is 2.50. The number of anilines is 2. The lowest BCUT2D eigenvalue weighted by atomic mass is 10.3. The Morgan fingerprint density at radius 3 is 2.83 bits per heavy atom. The van der Waals surface area contributed by atoms with E-state index < -0.39 is 0 Å². The fourth-order valence-electron chi connectivity index (χ4n) is 1.58. The van der Waals surface area contributed by atoms with E-state index in [2.05, 4.69) is 10.3 Å². The first kappa shape index (κ1) is 14.1. The third-order valence-electron chi connectivity index (χ3n) is 2.50. The standard InChI is InChI=1S/C12H20N4O2/c1-4-7-16(8-11(17)14-2)10-6-5-9(13)12(15-10)18-3/h5-6H,4,7-8,13H2,1-3H3,(H,14,17). The van der Waals surface area contributed by atoms with Crippen molar-refractivity contribution < 1.29 is 9.53 Å². The summed E-state index contributed by atoms with van der Waals surface area (Å²) in [5.41, 5.74) is 6.20. The normalized spacial score (nSPS) is 9.94. The molecule has 1 aromatic heterocycles. The molecule has 0 aliphatic rings. The number of ether oxygens (including phenoxy) is 1. The number of nitrogens with two attached hydrogens (primary N) is 1. The van der Waals surface area contributed by atoms with Crippen molar-refractivity contribution >= 4 is 17.4 Å². The Labute approximate surface area is 107 Å². The van der Waals surface area contributed by atoms with E-state index in [0.29, 0.717) is 17.4 Å². The van der Waals surface area contributed by atoms with Crippen LogP contribution in [-0.2, 0) is 4.79 Å². The van der Waals surface area contributed by atoms with E-state index >= 15 is 0 Å². The molecule has 1 aromatic rings. The van der Waals surface area contributed by atoms with Crippen LogP contribution in [0, 0.1) is 0 Å². The van der Waals surface area contributed by atoms with Gasteiger partial charge in [-0.2, -0.15) is 4.98 Å². The number of amides is 1. The van der Waals surface area contributed by atoms with Crippen LogP contribution in [0.2, 0.25) is 0 Å². The van der Waals surface area contributed by atoms with Gasteiger partial charge in [0.2, 0.25) is 11.8 Å². The van der Waals surface area contributed by atoms with Gasteiger partial charge < -0.3 is 20.7 Å². The first-order chi connectivity index (χ1) is 8.62. The SMILES string of the molecule is CCCN(CC(=O)NC)c1ccc(N)c(OC)n1. The molecule has 0 aliphatic carbocycles. The minimum Gasteiger partial charge on any atom is -0.479 e. The van der Waals surface area contributed by atoms with Crippen molar-refractivity contribution in [1.82, 2.24) is 10.3 Å². The molecule has 0 aliphatic heterocycles. The highest BCUT2D eigenvalue weighted by Crippen LogP contribution is 2.22. The molecular weight excluding hydrogens is 232 g/mol. The molecule has 3 N–H and O–H groups in total. The van der Waals surface area contributed by atoms with Crippen LogP contribution in [0.3, 0.4) is 0 Å². The van der Waals surface area contributed by atoms with Crippen molar-refractivity contribution in [3.05, 3.63) is 12.1 Å². The van der Waals surface area contributed by atoms with Crippen LogP contribution >= 0.6 is 0 Å². The van der Waals surface area contributed by atoms with Gasteiger partial charge in [0.1, 0.15) is 5.82 Å². The quantitative estimate of drug-likeness (QED) is 0.776. The number of methoxy groups -OCH3 is 1. The number of nitrogen functional groups attached to an aromatic ring is 1. The Balaban J connectivity index is 2.94. The van der Waals surface area contributed by atoms with E-state index in [9.17, 15) is 4.79 Å². The number of pyridine rings is 1. The van der Waals surface area contributed by atoms with Gasteiger partial charge in [-0.1, -0.05) is 6.92 Å². The van der Waals surface area contributed by atoms with Crippen molar-refractivity contribution in [2.45, 2.75) is 13.3 Å². The first-order valence-corrected chi connectivity index (χ1v) is 5.88. The van der Waals surface area contributed by atoms with Crippen LogP contribution < -0.4 is 20.7 Å². The number of nitrogens with one attached hydrogen (secondary N) is 1. The second kappa shape index (κ2) is 6.68. The van der Waals surface area contributed by atoms with E-state index in [1.165, 1.54) is 7.11 Å². The van der Waals surface area contributed by atoms with Gasteiger partial charge in [0.25, 0.3) is 0 Å². The second-order valence-corrected chi connectivity index (χ2v) is 3.86. The van der Waals surface area contributed by atoms with Crippen LogP contribution in [0.5, 0.6) is 5.88 Å². The van der Waals surface area contributed by atoms with Gasteiger partial charge in [0, 0.05) is 13.6 Å². The summed E-state index contributed by atoms with van der Waals surface area (Å²) in [6.45, 7) is 3.06. The van der Waals surface area contributed by atoms with E-state index in [1.54, 1.807) is 19.2 Å². The summed E-state index contributed by atoms with van der Waals surface area (Å²) < 4.78 is 5.08. The number of likely N-dealkylation sites (N-methyl/N-ethyl adjacent to an activating group) is 1. The maximum atomic E-state index is 11.5. The number of hydrogen-bond acceptors (Lipinski definition) is 5. The molecule has 100 valence electrons. The number of rotatable bonds is 6. The number of carbonyl (C=O) groups is 1. The van der Waals surface area contributed by atoms with Crippen LogP contribution in [-0.4, -0.2) is 38.1 Å². The van der Waals surface area contributed by atoms with Gasteiger partial charge >= 0.3 is 0 Å². The Hall–Kier alpha value is -1.98. The summed E-state index contributed by atoms with van der Waals surface area (Å²) in [4.78, 5) is 17.6. The van der Waals surface area contributed by atoms with Crippen molar-refractivity contribution in [1.29, 1.82) is 0 Å². The molecule has 0 saturated heterocycles. The van der Waals surface area contributed by atoms with Crippen molar-refractivity contribution in [2.75, 3.05) is 37.9 Å². The molecule has 0 aromatic carbocycles. The monoisotopic (exact) mass is 252 g/mol. The van der Waals surface area contributed by atoms with E-state index in [4.69, 9.17) is 10.5 Å². The Bertz CT molecular complexity index is 409. The highest BCUT2D eigenvalue weighted by atomic mass is 16.5. The molecular formula is C12H20N4O2. The highest BCUT2D eigenvalue weighted by Gasteiger charge is 2.13. The van der Waals surface area contributed by atoms with E-state index in [-0.39, 0.29) is 12.5 Å². The average molecular weight is 252 g/mol. The summed E-state index contributed by atoms with van der Waals surface area (Å²) in [5.74, 6) is 1.01. The van der Waals surface area contributed by atoms with Crippen molar-refractivity contribution in [3.63, 3.8) is 0 Å². The Morgan fingerprint density at radius 2 is 2.28 bits per heavy atom. The van der Waals surface area contributed by atoms with Crippen LogP contribution in [0.15, 0.2) is 12.1 Å². The fourth-order valence-corrected chi connectivity index (χ4v) is 1.58. The minimum absolute atomic E-state index is 0.0546. The molecule has 0 spiro atoms. The van der Waals surface area contributed by atoms with Crippen molar-refractivity contribution in [3.8, 4) is 5.88 Å². The summed E-state index contributed by atoms with van der Waals surface area (Å²) in [7, 11) is 3.13. The lowest BCUT2D eigenvalue weighted by molar-refractivity contribution is -0.119. The largest absolute Gasteiger partial charge is 0.479 e. The maximum absolute atomic E-state index is 11.5. The number of nitrogens with zero attached hydrogens (tertiary/aromatic N) is 2. The molecule has 1 rings (SSSR count). The van der Waals surface area contributed by atoms with Crippen LogP contribution in [0.4, 0.5) is 11.5 Å². The molecule has 0 saturated carbocycles. The maximum Gasteiger partial charge on any atom is 0.239 e. The molecule has 1 amide bonds. The first-order valence-electron chi connectivity index (χ1n) is 5.88.